The van der Waals surface area contributed by atoms with Gasteiger partial charge in [0.15, 0.2) is 5.65 Å². The summed E-state index contributed by atoms with van der Waals surface area (Å²) in [6.07, 6.45) is 3.30. The third-order valence-corrected chi connectivity index (χ3v) is 4.40. The number of likely N-dealkylation sites (tertiary alicyclic amines) is 1. The zero-order valence-corrected chi connectivity index (χ0v) is 14.4. The Morgan fingerprint density at radius 1 is 1.30 bits per heavy atom. The van der Waals surface area contributed by atoms with Gasteiger partial charge in [0.05, 0.1) is 11.6 Å². The topological polar surface area (TPSA) is 75.9 Å². The van der Waals surface area contributed by atoms with Gasteiger partial charge in [-0.2, -0.15) is 5.10 Å². The van der Waals surface area contributed by atoms with Crippen LogP contribution >= 0.6 is 0 Å². The van der Waals surface area contributed by atoms with Crippen LogP contribution < -0.4 is 5.32 Å². The molecule has 0 bridgehead atoms. The van der Waals surface area contributed by atoms with E-state index in [2.05, 4.69) is 36.2 Å². The molecule has 0 aliphatic carbocycles. The molecular weight excluding hydrogens is 292 g/mol. The molecule has 1 atom stereocenters. The summed E-state index contributed by atoms with van der Waals surface area (Å²) in [7, 11) is 3.75. The number of rotatable bonds is 3. The number of amides is 1. The van der Waals surface area contributed by atoms with Crippen molar-refractivity contribution >= 4 is 22.8 Å². The van der Waals surface area contributed by atoms with Gasteiger partial charge in [-0.15, -0.1) is 0 Å². The fourth-order valence-corrected chi connectivity index (χ4v) is 2.81. The molecule has 0 saturated carbocycles. The first kappa shape index (κ1) is 15.7. The number of aryl methyl sites for hydroxylation is 1. The van der Waals surface area contributed by atoms with Crippen LogP contribution in [0, 0.1) is 0 Å². The number of aromatic nitrogens is 4. The molecule has 23 heavy (non-hydrogen) atoms. The molecule has 1 saturated heterocycles. The smallest absolute Gasteiger partial charge is 0.222 e. The summed E-state index contributed by atoms with van der Waals surface area (Å²) in [5, 5.41) is 8.61. The molecular formula is C16H24N6O. The lowest BCUT2D eigenvalue weighted by atomic mass is 9.95. The first-order valence-electron chi connectivity index (χ1n) is 7.97. The third-order valence-electron chi connectivity index (χ3n) is 4.40. The molecule has 7 heteroatoms. The van der Waals surface area contributed by atoms with E-state index in [-0.39, 0.29) is 17.4 Å². The molecule has 2 aromatic rings. The van der Waals surface area contributed by atoms with Crippen LogP contribution in [0.5, 0.6) is 0 Å². The summed E-state index contributed by atoms with van der Waals surface area (Å²) < 4.78 is 1.77. The Balaban J connectivity index is 1.91. The lowest BCUT2D eigenvalue weighted by molar-refractivity contribution is -0.127. The van der Waals surface area contributed by atoms with Crippen molar-refractivity contribution in [1.29, 1.82) is 0 Å². The van der Waals surface area contributed by atoms with Crippen LogP contribution in [0.3, 0.4) is 0 Å². The minimum atomic E-state index is -0.144. The monoisotopic (exact) mass is 316 g/mol. The third kappa shape index (κ3) is 2.87. The molecule has 1 amide bonds. The van der Waals surface area contributed by atoms with Crippen molar-refractivity contribution in [2.75, 3.05) is 18.9 Å². The summed E-state index contributed by atoms with van der Waals surface area (Å²) in [6, 6.07) is 0.210. The van der Waals surface area contributed by atoms with Gasteiger partial charge < -0.3 is 10.2 Å². The second-order valence-electron chi connectivity index (χ2n) is 7.23. The Hall–Kier alpha value is -2.18. The number of carbonyl (C=O) groups excluding carboxylic acids is 1. The zero-order chi connectivity index (χ0) is 16.8. The quantitative estimate of drug-likeness (QED) is 0.932. The van der Waals surface area contributed by atoms with Gasteiger partial charge in [0.2, 0.25) is 5.91 Å². The number of nitrogens with zero attached hydrogens (tertiary/aromatic N) is 5. The average molecular weight is 316 g/mol. The number of carbonyl (C=O) groups is 1. The predicted octanol–water partition coefficient (Wildman–Crippen LogP) is 1.69. The van der Waals surface area contributed by atoms with E-state index in [1.807, 2.05) is 19.0 Å². The van der Waals surface area contributed by atoms with Crippen LogP contribution in [-0.4, -0.2) is 50.2 Å². The predicted molar refractivity (Wildman–Crippen MR) is 89.3 cm³/mol. The molecule has 1 aliphatic heterocycles. The van der Waals surface area contributed by atoms with E-state index in [1.54, 1.807) is 10.9 Å². The number of anilines is 1. The zero-order valence-electron chi connectivity index (χ0n) is 14.4. The number of hydrogen-bond acceptors (Lipinski definition) is 5. The molecule has 0 spiro atoms. The molecule has 1 aliphatic rings. The fraction of sp³-hybridized carbons (Fsp3) is 0.625. The van der Waals surface area contributed by atoms with Crippen molar-refractivity contribution in [3.05, 3.63) is 12.0 Å². The number of hydrogen-bond donors (Lipinski definition) is 1. The average Bonchev–Trinajstić information content (AvgIpc) is 3.01. The standard InChI is InChI=1S/C16H24N6O/c1-16(2,3)15-19-13(11-9-18-22(5)14(11)20-15)17-8-10-6-7-12(23)21(10)4/h9-10H,6-8H2,1-5H3,(H,17,19,20). The van der Waals surface area contributed by atoms with Gasteiger partial charge in [-0.3, -0.25) is 9.48 Å². The van der Waals surface area contributed by atoms with Crippen LogP contribution in [0.1, 0.15) is 39.4 Å². The van der Waals surface area contributed by atoms with E-state index < -0.39 is 0 Å². The van der Waals surface area contributed by atoms with Gasteiger partial charge >= 0.3 is 0 Å². The highest BCUT2D eigenvalue weighted by Crippen LogP contribution is 2.26. The van der Waals surface area contributed by atoms with Gasteiger partial charge in [0, 0.05) is 38.5 Å². The molecule has 7 nitrogen and oxygen atoms in total. The molecule has 1 N–H and O–H groups in total. The van der Waals surface area contributed by atoms with E-state index >= 15 is 0 Å². The highest BCUT2D eigenvalue weighted by atomic mass is 16.2. The minimum Gasteiger partial charge on any atom is -0.367 e. The van der Waals surface area contributed by atoms with E-state index in [1.165, 1.54) is 0 Å². The maximum atomic E-state index is 11.7. The van der Waals surface area contributed by atoms with Crippen molar-refractivity contribution in [3.63, 3.8) is 0 Å². The molecule has 1 unspecified atom stereocenters. The van der Waals surface area contributed by atoms with Crippen LogP contribution in [0.2, 0.25) is 0 Å². The van der Waals surface area contributed by atoms with Crippen molar-refractivity contribution < 1.29 is 4.79 Å². The van der Waals surface area contributed by atoms with Gasteiger partial charge in [0.1, 0.15) is 11.6 Å². The first-order chi connectivity index (χ1) is 10.8. The first-order valence-corrected chi connectivity index (χ1v) is 7.97. The van der Waals surface area contributed by atoms with Gasteiger partial charge in [0.25, 0.3) is 0 Å². The van der Waals surface area contributed by atoms with Crippen molar-refractivity contribution in [2.45, 2.75) is 45.1 Å². The van der Waals surface area contributed by atoms with Crippen molar-refractivity contribution in [1.82, 2.24) is 24.6 Å². The van der Waals surface area contributed by atoms with Crippen molar-refractivity contribution in [3.8, 4) is 0 Å². The van der Waals surface area contributed by atoms with E-state index in [0.717, 1.165) is 29.1 Å². The van der Waals surface area contributed by atoms with Crippen LogP contribution in [0.25, 0.3) is 11.0 Å². The summed E-state index contributed by atoms with van der Waals surface area (Å²) in [5.41, 5.74) is 0.679. The van der Waals surface area contributed by atoms with Crippen molar-refractivity contribution in [2.24, 2.45) is 7.05 Å². The maximum Gasteiger partial charge on any atom is 0.222 e. The Labute approximate surface area is 136 Å². The number of nitrogens with one attached hydrogen (secondary N) is 1. The largest absolute Gasteiger partial charge is 0.367 e. The molecule has 124 valence electrons. The van der Waals surface area contributed by atoms with E-state index in [4.69, 9.17) is 4.98 Å². The Morgan fingerprint density at radius 3 is 2.65 bits per heavy atom. The highest BCUT2D eigenvalue weighted by molar-refractivity contribution is 5.86. The second kappa shape index (κ2) is 5.47. The second-order valence-corrected chi connectivity index (χ2v) is 7.23. The molecule has 3 rings (SSSR count). The Kier molecular flexibility index (Phi) is 3.74. The highest BCUT2D eigenvalue weighted by Gasteiger charge is 2.28. The molecule has 2 aromatic heterocycles. The van der Waals surface area contributed by atoms with E-state index in [9.17, 15) is 4.79 Å². The Morgan fingerprint density at radius 2 is 2.04 bits per heavy atom. The fourth-order valence-electron chi connectivity index (χ4n) is 2.81. The van der Waals surface area contributed by atoms with Gasteiger partial charge in [-0.05, 0) is 6.42 Å². The summed E-state index contributed by atoms with van der Waals surface area (Å²) >= 11 is 0. The normalized spacial score (nSPS) is 18.9. The lowest BCUT2D eigenvalue weighted by Crippen LogP contribution is -2.34. The van der Waals surface area contributed by atoms with Crippen LogP contribution in [-0.2, 0) is 17.3 Å². The summed E-state index contributed by atoms with van der Waals surface area (Å²) in [5.74, 6) is 1.79. The molecule has 1 fully saturated rings. The maximum absolute atomic E-state index is 11.7. The number of likely N-dealkylation sites (N-methyl/N-ethyl adjacent to an activating group) is 1. The molecule has 0 aromatic carbocycles. The lowest BCUT2D eigenvalue weighted by Gasteiger charge is -2.22. The molecule has 0 radical (unpaired) electrons. The van der Waals surface area contributed by atoms with Gasteiger partial charge in [-0.1, -0.05) is 20.8 Å². The number of fused-ring (bicyclic) bond motifs is 1. The van der Waals surface area contributed by atoms with Crippen LogP contribution in [0.15, 0.2) is 6.20 Å². The van der Waals surface area contributed by atoms with Gasteiger partial charge in [-0.25, -0.2) is 9.97 Å². The summed E-state index contributed by atoms with van der Waals surface area (Å²) in [6.45, 7) is 6.97. The SMILES string of the molecule is CN1C(=O)CCC1CNc1nc(C(C)(C)C)nc2c1cnn2C. The Bertz CT molecular complexity index is 745. The van der Waals surface area contributed by atoms with Crippen LogP contribution in [0.4, 0.5) is 5.82 Å². The molecule has 3 heterocycles. The van der Waals surface area contributed by atoms with E-state index in [0.29, 0.717) is 13.0 Å². The summed E-state index contributed by atoms with van der Waals surface area (Å²) in [4.78, 5) is 22.8. The minimum absolute atomic E-state index is 0.144.